The van der Waals surface area contributed by atoms with Crippen molar-refractivity contribution in [3.63, 3.8) is 0 Å². The van der Waals surface area contributed by atoms with Gasteiger partial charge in [-0.1, -0.05) is 24.3 Å². The van der Waals surface area contributed by atoms with Gasteiger partial charge in [0.05, 0.1) is 9.79 Å². The summed E-state index contributed by atoms with van der Waals surface area (Å²) in [5.74, 6) is 0. The third-order valence-corrected chi connectivity index (χ3v) is 5.93. The summed E-state index contributed by atoms with van der Waals surface area (Å²) >= 11 is 0. The van der Waals surface area contributed by atoms with Crippen LogP contribution in [0.25, 0.3) is 10.9 Å². The van der Waals surface area contributed by atoms with Crippen molar-refractivity contribution in [2.24, 2.45) is 0 Å². The van der Waals surface area contributed by atoms with E-state index < -0.39 is 9.84 Å². The third kappa shape index (κ3) is 2.90. The Hall–Kier alpha value is -2.11. The summed E-state index contributed by atoms with van der Waals surface area (Å²) in [6, 6.07) is 14.6. The van der Waals surface area contributed by atoms with Gasteiger partial charge in [-0.2, -0.15) is 0 Å². The van der Waals surface area contributed by atoms with Gasteiger partial charge in [0.15, 0.2) is 0 Å². The molecule has 0 atom stereocenters. The predicted molar refractivity (Wildman–Crippen MR) is 92.6 cm³/mol. The van der Waals surface area contributed by atoms with Crippen LogP contribution in [-0.4, -0.2) is 27.0 Å². The Morgan fingerprint density at radius 1 is 1.09 bits per heavy atom. The monoisotopic (exact) mass is 328 g/mol. The van der Waals surface area contributed by atoms with Gasteiger partial charge >= 0.3 is 0 Å². The molecule has 0 aliphatic carbocycles. The van der Waals surface area contributed by atoms with Crippen molar-refractivity contribution in [1.82, 2.24) is 10.3 Å². The van der Waals surface area contributed by atoms with Gasteiger partial charge in [-0.25, -0.2) is 8.42 Å². The highest BCUT2D eigenvalue weighted by atomic mass is 32.2. The highest BCUT2D eigenvalue weighted by Crippen LogP contribution is 2.32. The Bertz CT molecular complexity index is 928. The number of aromatic nitrogens is 1. The molecule has 0 aliphatic heterocycles. The summed E-state index contributed by atoms with van der Waals surface area (Å²) in [4.78, 5) is 3.89. The fourth-order valence-electron chi connectivity index (χ4n) is 2.84. The Balaban J connectivity index is 2.18. The Morgan fingerprint density at radius 3 is 2.52 bits per heavy atom. The lowest BCUT2D eigenvalue weighted by atomic mass is 10.1. The molecule has 0 saturated heterocycles. The van der Waals surface area contributed by atoms with Crippen LogP contribution in [-0.2, 0) is 16.3 Å². The van der Waals surface area contributed by atoms with Gasteiger partial charge in [0.1, 0.15) is 0 Å². The van der Waals surface area contributed by atoms with Crippen LogP contribution in [0.3, 0.4) is 0 Å². The van der Waals surface area contributed by atoms with Crippen LogP contribution < -0.4 is 5.32 Å². The maximum atomic E-state index is 13.0. The summed E-state index contributed by atoms with van der Waals surface area (Å²) in [7, 11) is -1.63. The van der Waals surface area contributed by atoms with Crippen LogP contribution in [0.4, 0.5) is 0 Å². The molecule has 3 aromatic rings. The van der Waals surface area contributed by atoms with Crippen molar-refractivity contribution >= 4 is 20.7 Å². The molecule has 23 heavy (non-hydrogen) atoms. The van der Waals surface area contributed by atoms with Gasteiger partial charge in [-0.05, 0) is 56.8 Å². The van der Waals surface area contributed by atoms with Crippen LogP contribution >= 0.6 is 0 Å². The molecule has 2 aromatic carbocycles. The molecular formula is C18H20N2O2S. The lowest BCUT2D eigenvalue weighted by molar-refractivity contribution is 0.596. The van der Waals surface area contributed by atoms with E-state index in [9.17, 15) is 8.42 Å². The number of aromatic amines is 1. The fourth-order valence-corrected chi connectivity index (χ4v) is 4.50. The molecule has 0 saturated carbocycles. The Labute approximate surface area is 136 Å². The van der Waals surface area contributed by atoms with Crippen molar-refractivity contribution < 1.29 is 8.42 Å². The minimum atomic E-state index is -3.54. The summed E-state index contributed by atoms with van der Waals surface area (Å²) in [5, 5.41) is 3.88. The first-order valence-electron chi connectivity index (χ1n) is 7.60. The van der Waals surface area contributed by atoms with E-state index in [0.29, 0.717) is 15.5 Å². The van der Waals surface area contributed by atoms with Gasteiger partial charge in [-0.3, -0.25) is 0 Å². The normalized spacial score (nSPS) is 11.9. The highest BCUT2D eigenvalue weighted by molar-refractivity contribution is 7.91. The average Bonchev–Trinajstić information content (AvgIpc) is 2.89. The highest BCUT2D eigenvalue weighted by Gasteiger charge is 2.24. The smallest absolute Gasteiger partial charge is 0.208 e. The van der Waals surface area contributed by atoms with E-state index in [1.54, 1.807) is 24.3 Å². The molecule has 1 heterocycles. The number of fused-ring (bicyclic) bond motifs is 1. The Morgan fingerprint density at radius 2 is 1.83 bits per heavy atom. The minimum Gasteiger partial charge on any atom is -0.358 e. The van der Waals surface area contributed by atoms with Crippen LogP contribution in [0.15, 0.2) is 58.3 Å². The van der Waals surface area contributed by atoms with E-state index in [0.717, 1.165) is 29.4 Å². The zero-order chi connectivity index (χ0) is 16.4. The first-order chi connectivity index (χ1) is 11.0. The number of aryl methyl sites for hydroxylation is 1. The molecule has 0 aliphatic rings. The zero-order valence-corrected chi connectivity index (χ0v) is 14.1. The van der Waals surface area contributed by atoms with Crippen molar-refractivity contribution in [2.45, 2.75) is 23.1 Å². The number of rotatable bonds is 5. The van der Waals surface area contributed by atoms with E-state index in [1.807, 2.05) is 38.2 Å². The second-order valence-corrected chi connectivity index (χ2v) is 7.52. The van der Waals surface area contributed by atoms with Gasteiger partial charge in [-0.15, -0.1) is 0 Å². The molecule has 4 nitrogen and oxygen atoms in total. The van der Waals surface area contributed by atoms with Gasteiger partial charge in [0.2, 0.25) is 9.84 Å². The largest absolute Gasteiger partial charge is 0.358 e. The molecule has 5 heteroatoms. The Kier molecular flexibility index (Phi) is 4.24. The number of hydrogen-bond donors (Lipinski definition) is 2. The number of benzene rings is 2. The van der Waals surface area contributed by atoms with E-state index in [1.165, 1.54) is 0 Å². The molecule has 0 unspecified atom stereocenters. The third-order valence-electron chi connectivity index (χ3n) is 3.98. The summed E-state index contributed by atoms with van der Waals surface area (Å²) in [5.41, 5.74) is 2.65. The van der Waals surface area contributed by atoms with Crippen molar-refractivity contribution in [3.05, 3.63) is 59.8 Å². The lowest BCUT2D eigenvalue weighted by Crippen LogP contribution is -2.10. The molecule has 120 valence electrons. The molecule has 3 rings (SSSR count). The summed E-state index contributed by atoms with van der Waals surface area (Å²) in [6.07, 6.45) is 0.863. The summed E-state index contributed by atoms with van der Waals surface area (Å²) in [6.45, 7) is 2.67. The lowest BCUT2D eigenvalue weighted by Gasteiger charge is -2.06. The second-order valence-electron chi connectivity index (χ2n) is 5.63. The van der Waals surface area contributed by atoms with E-state index in [-0.39, 0.29) is 0 Å². The van der Waals surface area contributed by atoms with Crippen molar-refractivity contribution in [1.29, 1.82) is 0 Å². The summed E-state index contributed by atoms with van der Waals surface area (Å²) < 4.78 is 26.0. The molecule has 0 fully saturated rings. The maximum Gasteiger partial charge on any atom is 0.208 e. The van der Waals surface area contributed by atoms with Gasteiger partial charge < -0.3 is 10.3 Å². The van der Waals surface area contributed by atoms with Gasteiger partial charge in [0, 0.05) is 16.6 Å². The number of sulfone groups is 1. The topological polar surface area (TPSA) is 62.0 Å². The van der Waals surface area contributed by atoms with Crippen molar-refractivity contribution in [2.75, 3.05) is 13.6 Å². The van der Waals surface area contributed by atoms with Crippen LogP contribution in [0.1, 0.15) is 11.3 Å². The number of hydrogen-bond acceptors (Lipinski definition) is 3. The first kappa shape index (κ1) is 15.8. The molecule has 0 bridgehead atoms. The predicted octanol–water partition coefficient (Wildman–Crippen LogP) is 3.07. The van der Waals surface area contributed by atoms with Crippen LogP contribution in [0.2, 0.25) is 0 Å². The quantitative estimate of drug-likeness (QED) is 0.756. The standard InChI is InChI=1S/C18H20N2O2S/c1-13-18(23(21,22)15-6-4-3-5-7-15)16-12-14(10-11-19-2)8-9-17(16)20-13/h3-9,12,19-20H,10-11H2,1-2H3. The molecule has 0 radical (unpaired) electrons. The SMILES string of the molecule is CNCCc1ccc2[nH]c(C)c(S(=O)(=O)c3ccccc3)c2c1. The molecule has 0 spiro atoms. The first-order valence-corrected chi connectivity index (χ1v) is 9.08. The number of nitrogens with one attached hydrogen (secondary N) is 2. The number of likely N-dealkylation sites (N-methyl/N-ethyl adjacent to an activating group) is 1. The molecule has 0 amide bonds. The minimum absolute atomic E-state index is 0.324. The van der Waals surface area contributed by atoms with Gasteiger partial charge in [0.25, 0.3) is 0 Å². The number of H-pyrrole nitrogens is 1. The van der Waals surface area contributed by atoms with E-state index in [4.69, 9.17) is 0 Å². The van der Waals surface area contributed by atoms with Crippen LogP contribution in [0.5, 0.6) is 0 Å². The average molecular weight is 328 g/mol. The maximum absolute atomic E-state index is 13.0. The second kappa shape index (κ2) is 6.18. The van der Waals surface area contributed by atoms with E-state index >= 15 is 0 Å². The zero-order valence-electron chi connectivity index (χ0n) is 13.3. The van der Waals surface area contributed by atoms with Crippen molar-refractivity contribution in [3.8, 4) is 0 Å². The van der Waals surface area contributed by atoms with E-state index in [2.05, 4.69) is 10.3 Å². The molecular weight excluding hydrogens is 308 g/mol. The molecule has 2 N–H and O–H groups in total. The molecule has 1 aromatic heterocycles. The fraction of sp³-hybridized carbons (Fsp3) is 0.222. The van der Waals surface area contributed by atoms with Crippen LogP contribution in [0, 0.1) is 6.92 Å².